The zero-order chi connectivity index (χ0) is 15.8. The monoisotopic (exact) mass is 300 g/mol. The molecule has 0 spiro atoms. The van der Waals surface area contributed by atoms with E-state index >= 15 is 0 Å². The van der Waals surface area contributed by atoms with Crippen LogP contribution in [-0.2, 0) is 23.8 Å². The van der Waals surface area contributed by atoms with Crippen molar-refractivity contribution < 1.29 is 37.0 Å². The van der Waals surface area contributed by atoms with E-state index in [0.29, 0.717) is 0 Å². The summed E-state index contributed by atoms with van der Waals surface area (Å²) in [6.45, 7) is 3.78. The fourth-order valence-corrected chi connectivity index (χ4v) is 1.63. The summed E-state index contributed by atoms with van der Waals surface area (Å²) >= 11 is 0. The Kier molecular flexibility index (Phi) is 7.55. The molecule has 0 aromatic heterocycles. The van der Waals surface area contributed by atoms with Gasteiger partial charge in [0, 0.05) is 0 Å². The molecule has 0 aromatic rings. The third kappa shape index (κ3) is 5.36. The smallest absolute Gasteiger partial charge is 0.465 e. The van der Waals surface area contributed by atoms with E-state index in [4.69, 9.17) is 9.47 Å². The zero-order valence-corrected chi connectivity index (χ0v) is 11.7. The fraction of sp³-hybridized carbons (Fsp3) is 0.833. The van der Waals surface area contributed by atoms with Gasteiger partial charge in [-0.25, -0.2) is 0 Å². The minimum atomic E-state index is -4.82. The Hall–Kier alpha value is -1.31. The van der Waals surface area contributed by atoms with Crippen LogP contribution in [0.1, 0.15) is 33.6 Å². The Labute approximate surface area is 115 Å². The highest BCUT2D eigenvalue weighted by Crippen LogP contribution is 2.31. The van der Waals surface area contributed by atoms with E-state index in [1.807, 2.05) is 0 Å². The number of rotatable bonds is 8. The zero-order valence-electron chi connectivity index (χ0n) is 11.7. The predicted octanol–water partition coefficient (Wildman–Crippen LogP) is 2.44. The van der Waals surface area contributed by atoms with Gasteiger partial charge in [0.2, 0.25) is 0 Å². The molecular weight excluding hydrogens is 281 g/mol. The summed E-state index contributed by atoms with van der Waals surface area (Å²) < 4.78 is 49.1. The summed E-state index contributed by atoms with van der Waals surface area (Å²) in [5.41, 5.74) is -1.77. The largest absolute Gasteiger partial charge is 0.522 e. The molecule has 5 nitrogen and oxygen atoms in total. The molecule has 0 radical (unpaired) electrons. The number of halogens is 3. The SMILES string of the molecule is CCOC(=O)C(CC)(CCOC(F)(F)F)C(=O)OCC. The van der Waals surface area contributed by atoms with Crippen LogP contribution in [0.4, 0.5) is 13.2 Å². The molecule has 0 amide bonds. The Bertz CT molecular complexity index is 310. The summed E-state index contributed by atoms with van der Waals surface area (Å²) in [6, 6.07) is 0. The van der Waals surface area contributed by atoms with Gasteiger partial charge in [-0.15, -0.1) is 13.2 Å². The number of esters is 2. The molecule has 0 heterocycles. The number of alkyl halides is 3. The molecule has 0 saturated heterocycles. The second-order valence-electron chi connectivity index (χ2n) is 3.92. The van der Waals surface area contributed by atoms with Crippen molar-refractivity contribution in [3.8, 4) is 0 Å². The van der Waals surface area contributed by atoms with Gasteiger partial charge in [0.1, 0.15) is 0 Å². The number of hydrogen-bond acceptors (Lipinski definition) is 5. The number of carbonyl (C=O) groups is 2. The molecule has 20 heavy (non-hydrogen) atoms. The minimum absolute atomic E-state index is 0.0140. The van der Waals surface area contributed by atoms with Crippen molar-refractivity contribution in [3.05, 3.63) is 0 Å². The van der Waals surface area contributed by atoms with Gasteiger partial charge in [-0.3, -0.25) is 14.3 Å². The molecule has 0 aliphatic rings. The first-order valence-electron chi connectivity index (χ1n) is 6.28. The average molecular weight is 300 g/mol. The van der Waals surface area contributed by atoms with Crippen LogP contribution in [0.5, 0.6) is 0 Å². The highest BCUT2D eigenvalue weighted by Gasteiger charge is 2.47. The molecule has 0 aliphatic carbocycles. The maximum atomic E-state index is 12.0. The van der Waals surface area contributed by atoms with Gasteiger partial charge < -0.3 is 9.47 Å². The summed E-state index contributed by atoms with van der Waals surface area (Å²) in [5.74, 6) is -1.79. The molecule has 118 valence electrons. The molecule has 0 atom stereocenters. The van der Waals surface area contributed by atoms with Crippen LogP contribution in [-0.4, -0.2) is 38.1 Å². The van der Waals surface area contributed by atoms with E-state index in [2.05, 4.69) is 4.74 Å². The van der Waals surface area contributed by atoms with Crippen LogP contribution >= 0.6 is 0 Å². The number of carbonyl (C=O) groups excluding carboxylic acids is 2. The second-order valence-corrected chi connectivity index (χ2v) is 3.92. The molecule has 0 N–H and O–H groups in total. The molecule has 0 aromatic carbocycles. The topological polar surface area (TPSA) is 61.8 Å². The van der Waals surface area contributed by atoms with E-state index in [-0.39, 0.29) is 19.6 Å². The van der Waals surface area contributed by atoms with Crippen molar-refractivity contribution >= 4 is 11.9 Å². The van der Waals surface area contributed by atoms with E-state index in [1.54, 1.807) is 0 Å². The second kappa shape index (κ2) is 8.08. The van der Waals surface area contributed by atoms with Crippen LogP contribution < -0.4 is 0 Å². The van der Waals surface area contributed by atoms with Crippen molar-refractivity contribution in [2.24, 2.45) is 5.41 Å². The van der Waals surface area contributed by atoms with Crippen molar-refractivity contribution in [1.29, 1.82) is 0 Å². The van der Waals surface area contributed by atoms with E-state index in [9.17, 15) is 22.8 Å². The molecule has 0 unspecified atom stereocenters. The van der Waals surface area contributed by atoms with E-state index < -0.39 is 36.7 Å². The Morgan fingerprint density at radius 1 is 0.950 bits per heavy atom. The van der Waals surface area contributed by atoms with Crippen LogP contribution in [0.3, 0.4) is 0 Å². The summed E-state index contributed by atoms with van der Waals surface area (Å²) in [5, 5.41) is 0. The lowest BCUT2D eigenvalue weighted by atomic mass is 9.82. The molecular formula is C12H19F3O5. The van der Waals surface area contributed by atoms with E-state index in [1.165, 1.54) is 20.8 Å². The van der Waals surface area contributed by atoms with Crippen LogP contribution in [0.2, 0.25) is 0 Å². The van der Waals surface area contributed by atoms with Crippen molar-refractivity contribution in [1.82, 2.24) is 0 Å². The van der Waals surface area contributed by atoms with Gasteiger partial charge in [-0.05, 0) is 26.7 Å². The number of ether oxygens (including phenoxy) is 3. The van der Waals surface area contributed by atoms with Gasteiger partial charge in [-0.2, -0.15) is 0 Å². The Morgan fingerprint density at radius 2 is 1.40 bits per heavy atom. The summed E-state index contributed by atoms with van der Waals surface area (Å²) in [7, 11) is 0. The van der Waals surface area contributed by atoms with Gasteiger partial charge in [-0.1, -0.05) is 6.92 Å². The predicted molar refractivity (Wildman–Crippen MR) is 62.6 cm³/mol. The summed E-state index contributed by atoms with van der Waals surface area (Å²) in [6.07, 6.45) is -5.31. The average Bonchev–Trinajstić information content (AvgIpc) is 2.34. The fourth-order valence-electron chi connectivity index (χ4n) is 1.63. The molecule has 8 heteroatoms. The first-order chi connectivity index (χ1) is 9.23. The first kappa shape index (κ1) is 18.7. The van der Waals surface area contributed by atoms with Crippen LogP contribution in [0, 0.1) is 5.41 Å². The lowest BCUT2D eigenvalue weighted by molar-refractivity contribution is -0.326. The minimum Gasteiger partial charge on any atom is -0.465 e. The van der Waals surface area contributed by atoms with Crippen LogP contribution in [0.15, 0.2) is 0 Å². The standard InChI is InChI=1S/C12H19F3O5/c1-4-11(9(16)18-5-2,10(17)19-6-3)7-8-20-12(13,14)15/h4-8H2,1-3H3. The first-order valence-corrected chi connectivity index (χ1v) is 6.28. The third-order valence-corrected chi connectivity index (χ3v) is 2.73. The van der Waals surface area contributed by atoms with E-state index in [0.717, 1.165) is 0 Å². The third-order valence-electron chi connectivity index (χ3n) is 2.73. The van der Waals surface area contributed by atoms with Gasteiger partial charge in [0.25, 0.3) is 0 Å². The molecule has 0 fully saturated rings. The lowest BCUT2D eigenvalue weighted by Gasteiger charge is -2.27. The maximum Gasteiger partial charge on any atom is 0.522 e. The highest BCUT2D eigenvalue weighted by atomic mass is 19.4. The van der Waals surface area contributed by atoms with Gasteiger partial charge >= 0.3 is 18.3 Å². The van der Waals surface area contributed by atoms with Crippen molar-refractivity contribution in [2.45, 2.75) is 40.0 Å². The Balaban J connectivity index is 5.01. The molecule has 0 aliphatic heterocycles. The van der Waals surface area contributed by atoms with Gasteiger partial charge in [0.05, 0.1) is 19.8 Å². The molecule has 0 saturated carbocycles. The number of hydrogen-bond donors (Lipinski definition) is 0. The lowest BCUT2D eigenvalue weighted by Crippen LogP contribution is -2.43. The summed E-state index contributed by atoms with van der Waals surface area (Å²) in [4.78, 5) is 23.8. The quantitative estimate of drug-likeness (QED) is 0.509. The molecule has 0 rings (SSSR count). The normalized spacial score (nSPS) is 12.1. The van der Waals surface area contributed by atoms with Gasteiger partial charge in [0.15, 0.2) is 5.41 Å². The Morgan fingerprint density at radius 3 is 1.70 bits per heavy atom. The molecule has 0 bridgehead atoms. The maximum absolute atomic E-state index is 12.0. The van der Waals surface area contributed by atoms with Crippen LogP contribution in [0.25, 0.3) is 0 Å². The van der Waals surface area contributed by atoms with Crippen molar-refractivity contribution in [3.63, 3.8) is 0 Å². The van der Waals surface area contributed by atoms with Crippen molar-refractivity contribution in [2.75, 3.05) is 19.8 Å². The highest BCUT2D eigenvalue weighted by molar-refractivity contribution is 6.00.